The van der Waals surface area contributed by atoms with Gasteiger partial charge in [-0.3, -0.25) is 9.78 Å². The third-order valence-electron chi connectivity index (χ3n) is 1.90. The van der Waals surface area contributed by atoms with Crippen LogP contribution >= 0.6 is 0 Å². The number of rotatable bonds is 2. The summed E-state index contributed by atoms with van der Waals surface area (Å²) in [4.78, 5) is 15.0. The first-order valence-electron chi connectivity index (χ1n) is 4.15. The molecule has 0 bridgehead atoms. The maximum atomic E-state index is 11.1. The monoisotopic (exact) mass is 204 g/mol. The minimum absolute atomic E-state index is 0.0821. The number of nitrogens with zero attached hydrogens (tertiary/aromatic N) is 2. The van der Waals surface area contributed by atoms with Gasteiger partial charge in [0.1, 0.15) is 11.3 Å². The zero-order chi connectivity index (χ0) is 10.8. The van der Waals surface area contributed by atoms with Crippen molar-refractivity contribution >= 4 is 11.8 Å². The number of nitrogens with two attached hydrogens (primary N) is 2. The van der Waals surface area contributed by atoms with Crippen LogP contribution in [0.3, 0.4) is 0 Å². The Labute approximate surface area is 84.9 Å². The molecule has 0 aliphatic heterocycles. The Hall–Kier alpha value is -2.37. The van der Waals surface area contributed by atoms with Crippen LogP contribution in [-0.4, -0.2) is 16.0 Å². The van der Waals surface area contributed by atoms with Crippen molar-refractivity contribution in [3.05, 3.63) is 30.1 Å². The highest BCUT2D eigenvalue weighted by Crippen LogP contribution is 2.25. The van der Waals surface area contributed by atoms with Gasteiger partial charge in [0.2, 0.25) is 5.88 Å². The lowest BCUT2D eigenvalue weighted by Gasteiger charge is -1.96. The number of hydrogen-bond acceptors (Lipinski definition) is 5. The summed E-state index contributed by atoms with van der Waals surface area (Å²) in [5.41, 5.74) is 11.6. The van der Waals surface area contributed by atoms with Gasteiger partial charge in [-0.1, -0.05) is 5.16 Å². The van der Waals surface area contributed by atoms with Gasteiger partial charge in [-0.25, -0.2) is 0 Å². The van der Waals surface area contributed by atoms with Crippen LogP contribution in [0.15, 0.2) is 29.0 Å². The number of nitrogen functional groups attached to an aromatic ring is 1. The van der Waals surface area contributed by atoms with E-state index in [9.17, 15) is 4.79 Å². The van der Waals surface area contributed by atoms with Crippen LogP contribution in [0, 0.1) is 0 Å². The molecule has 0 fully saturated rings. The average molecular weight is 204 g/mol. The highest BCUT2D eigenvalue weighted by molar-refractivity contribution is 6.02. The molecule has 4 N–H and O–H groups in total. The van der Waals surface area contributed by atoms with Crippen molar-refractivity contribution < 1.29 is 9.32 Å². The van der Waals surface area contributed by atoms with E-state index in [0.29, 0.717) is 11.3 Å². The molecule has 0 saturated carbocycles. The van der Waals surface area contributed by atoms with Gasteiger partial charge in [-0.2, -0.15) is 0 Å². The molecular weight excluding hydrogens is 196 g/mol. The molecule has 2 aromatic heterocycles. The second-order valence-electron chi connectivity index (χ2n) is 2.88. The zero-order valence-corrected chi connectivity index (χ0v) is 7.68. The molecule has 0 unspecified atom stereocenters. The fourth-order valence-corrected chi connectivity index (χ4v) is 1.24. The smallest absolute Gasteiger partial charge is 0.256 e. The molecule has 0 aromatic carbocycles. The third kappa shape index (κ3) is 1.52. The van der Waals surface area contributed by atoms with Crippen molar-refractivity contribution in [2.24, 2.45) is 5.73 Å². The SMILES string of the molecule is NC(=O)c1c(-c2cccnc2)noc1N. The lowest BCUT2D eigenvalue weighted by atomic mass is 10.1. The number of aromatic nitrogens is 2. The molecule has 76 valence electrons. The molecule has 2 aromatic rings. The average Bonchev–Trinajstić information content (AvgIpc) is 2.61. The predicted molar refractivity (Wildman–Crippen MR) is 52.7 cm³/mol. The Morgan fingerprint density at radius 2 is 2.27 bits per heavy atom. The van der Waals surface area contributed by atoms with Crippen LogP contribution in [-0.2, 0) is 0 Å². The first-order valence-corrected chi connectivity index (χ1v) is 4.15. The Morgan fingerprint density at radius 3 is 2.87 bits per heavy atom. The van der Waals surface area contributed by atoms with Gasteiger partial charge in [0.25, 0.3) is 5.91 Å². The molecule has 6 nitrogen and oxygen atoms in total. The molecule has 1 amide bonds. The Balaban J connectivity index is 2.59. The van der Waals surface area contributed by atoms with Gasteiger partial charge in [-0.05, 0) is 12.1 Å². The Bertz CT molecular complexity index is 492. The number of amides is 1. The second kappa shape index (κ2) is 3.41. The summed E-state index contributed by atoms with van der Waals surface area (Å²) in [6.45, 7) is 0. The van der Waals surface area contributed by atoms with Gasteiger partial charge in [0, 0.05) is 18.0 Å². The summed E-state index contributed by atoms with van der Waals surface area (Å²) >= 11 is 0. The number of anilines is 1. The highest BCUT2D eigenvalue weighted by atomic mass is 16.5. The molecule has 0 saturated heterocycles. The van der Waals surface area contributed by atoms with E-state index >= 15 is 0 Å². The summed E-state index contributed by atoms with van der Waals surface area (Å²) < 4.78 is 4.71. The minimum atomic E-state index is -0.674. The van der Waals surface area contributed by atoms with Crippen LogP contribution in [0.4, 0.5) is 5.88 Å². The van der Waals surface area contributed by atoms with E-state index < -0.39 is 5.91 Å². The summed E-state index contributed by atoms with van der Waals surface area (Å²) in [5.74, 6) is -0.756. The van der Waals surface area contributed by atoms with E-state index in [0.717, 1.165) is 0 Å². The summed E-state index contributed by atoms with van der Waals surface area (Å²) in [6, 6.07) is 3.45. The first kappa shape index (κ1) is 9.20. The van der Waals surface area contributed by atoms with Crippen molar-refractivity contribution in [3.63, 3.8) is 0 Å². The maximum Gasteiger partial charge on any atom is 0.256 e. The van der Waals surface area contributed by atoms with E-state index in [2.05, 4.69) is 10.1 Å². The van der Waals surface area contributed by atoms with Crippen LogP contribution in [0.1, 0.15) is 10.4 Å². The van der Waals surface area contributed by atoms with E-state index in [1.165, 1.54) is 0 Å². The molecule has 0 aliphatic carbocycles. The van der Waals surface area contributed by atoms with Crippen molar-refractivity contribution in [1.82, 2.24) is 10.1 Å². The molecule has 2 heterocycles. The van der Waals surface area contributed by atoms with Gasteiger partial charge in [-0.15, -0.1) is 0 Å². The van der Waals surface area contributed by atoms with Gasteiger partial charge < -0.3 is 16.0 Å². The Kier molecular flexibility index (Phi) is 2.09. The van der Waals surface area contributed by atoms with E-state index in [1.54, 1.807) is 24.5 Å². The molecule has 15 heavy (non-hydrogen) atoms. The molecule has 0 spiro atoms. The maximum absolute atomic E-state index is 11.1. The molecule has 0 atom stereocenters. The van der Waals surface area contributed by atoms with E-state index in [1.807, 2.05) is 0 Å². The van der Waals surface area contributed by atoms with Crippen LogP contribution in [0.2, 0.25) is 0 Å². The van der Waals surface area contributed by atoms with Gasteiger partial charge in [0.05, 0.1) is 0 Å². The van der Waals surface area contributed by atoms with Crippen molar-refractivity contribution in [2.75, 3.05) is 5.73 Å². The number of primary amides is 1. The zero-order valence-electron chi connectivity index (χ0n) is 7.68. The van der Waals surface area contributed by atoms with Crippen LogP contribution in [0.5, 0.6) is 0 Å². The molecule has 0 radical (unpaired) electrons. The van der Waals surface area contributed by atoms with Crippen LogP contribution in [0.25, 0.3) is 11.3 Å². The molecule has 0 aliphatic rings. The number of hydrogen-bond donors (Lipinski definition) is 2. The van der Waals surface area contributed by atoms with Crippen molar-refractivity contribution in [1.29, 1.82) is 0 Å². The fourth-order valence-electron chi connectivity index (χ4n) is 1.24. The highest BCUT2D eigenvalue weighted by Gasteiger charge is 2.19. The number of pyridine rings is 1. The van der Waals surface area contributed by atoms with Crippen molar-refractivity contribution in [3.8, 4) is 11.3 Å². The molecule has 2 rings (SSSR count). The number of carbonyl (C=O) groups excluding carboxylic acids is 1. The third-order valence-corrected chi connectivity index (χ3v) is 1.90. The minimum Gasteiger partial charge on any atom is -0.367 e. The molecular formula is C9H8N4O2. The summed E-state index contributed by atoms with van der Waals surface area (Å²) in [7, 11) is 0. The van der Waals surface area contributed by atoms with E-state index in [-0.39, 0.29) is 11.4 Å². The normalized spacial score (nSPS) is 10.1. The number of carbonyl (C=O) groups is 1. The standard InChI is InChI=1S/C9H8N4O2/c10-8(14)6-7(13-15-9(6)11)5-2-1-3-12-4-5/h1-4H,11H2,(H2,10,14). The largest absolute Gasteiger partial charge is 0.367 e. The predicted octanol–water partition coefficient (Wildman–Crippen LogP) is 0.418. The second-order valence-corrected chi connectivity index (χ2v) is 2.88. The summed E-state index contributed by atoms with van der Waals surface area (Å²) in [6.07, 6.45) is 3.15. The molecule has 6 heteroatoms. The van der Waals surface area contributed by atoms with Crippen LogP contribution < -0.4 is 11.5 Å². The lowest BCUT2D eigenvalue weighted by molar-refractivity contribution is 0.100. The fraction of sp³-hybridized carbons (Fsp3) is 0. The Morgan fingerprint density at radius 1 is 1.47 bits per heavy atom. The topological polar surface area (TPSA) is 108 Å². The first-order chi connectivity index (χ1) is 7.20. The van der Waals surface area contributed by atoms with Gasteiger partial charge in [0.15, 0.2) is 0 Å². The van der Waals surface area contributed by atoms with Gasteiger partial charge >= 0.3 is 0 Å². The summed E-state index contributed by atoms with van der Waals surface area (Å²) in [5, 5.41) is 3.67. The van der Waals surface area contributed by atoms with Crippen molar-refractivity contribution in [2.45, 2.75) is 0 Å². The van der Waals surface area contributed by atoms with E-state index in [4.69, 9.17) is 16.0 Å². The lowest BCUT2D eigenvalue weighted by Crippen LogP contribution is -2.13. The quantitative estimate of drug-likeness (QED) is 0.736.